The van der Waals surface area contributed by atoms with E-state index in [1.807, 2.05) is 12.4 Å². The molecular formula is C11H16N2O. The summed E-state index contributed by atoms with van der Waals surface area (Å²) in [5.74, 6) is 0. The summed E-state index contributed by atoms with van der Waals surface area (Å²) in [6.07, 6.45) is 5.71. The van der Waals surface area contributed by atoms with E-state index in [-0.39, 0.29) is 5.41 Å². The number of ether oxygens (including phenoxy) is 1. The Kier molecular flexibility index (Phi) is 2.79. The van der Waals surface area contributed by atoms with Crippen molar-refractivity contribution in [3.05, 3.63) is 30.1 Å². The predicted molar refractivity (Wildman–Crippen MR) is 55.0 cm³/mol. The van der Waals surface area contributed by atoms with Crippen LogP contribution in [0.4, 0.5) is 0 Å². The summed E-state index contributed by atoms with van der Waals surface area (Å²) in [6.45, 7) is 2.33. The molecule has 0 aliphatic carbocycles. The third kappa shape index (κ3) is 1.65. The zero-order valence-corrected chi connectivity index (χ0v) is 8.28. The van der Waals surface area contributed by atoms with Gasteiger partial charge in [0.2, 0.25) is 0 Å². The van der Waals surface area contributed by atoms with Crippen LogP contribution in [0.5, 0.6) is 0 Å². The third-order valence-electron chi connectivity index (χ3n) is 3.13. The number of hydrogen-bond donors (Lipinski definition) is 1. The van der Waals surface area contributed by atoms with E-state index in [0.717, 1.165) is 26.1 Å². The highest BCUT2D eigenvalue weighted by Crippen LogP contribution is 2.33. The predicted octanol–water partition coefficient (Wildman–Crippen LogP) is 1.09. The highest BCUT2D eigenvalue weighted by atomic mass is 16.5. The van der Waals surface area contributed by atoms with Crippen LogP contribution < -0.4 is 5.73 Å². The van der Waals surface area contributed by atoms with Crippen molar-refractivity contribution in [2.45, 2.75) is 18.3 Å². The smallest absolute Gasteiger partial charge is 0.0475 e. The van der Waals surface area contributed by atoms with Gasteiger partial charge in [-0.3, -0.25) is 4.98 Å². The largest absolute Gasteiger partial charge is 0.381 e. The highest BCUT2D eigenvalue weighted by molar-refractivity contribution is 5.24. The van der Waals surface area contributed by atoms with E-state index in [2.05, 4.69) is 17.1 Å². The molecule has 76 valence electrons. The van der Waals surface area contributed by atoms with Gasteiger partial charge in [-0.1, -0.05) is 0 Å². The molecule has 14 heavy (non-hydrogen) atoms. The molecular weight excluding hydrogens is 176 g/mol. The number of aromatic nitrogens is 1. The van der Waals surface area contributed by atoms with Gasteiger partial charge in [-0.15, -0.1) is 0 Å². The molecule has 1 aliphatic heterocycles. The molecule has 0 atom stereocenters. The number of pyridine rings is 1. The van der Waals surface area contributed by atoms with E-state index < -0.39 is 0 Å². The van der Waals surface area contributed by atoms with Crippen molar-refractivity contribution < 1.29 is 4.74 Å². The Labute approximate surface area is 84.3 Å². The van der Waals surface area contributed by atoms with Crippen LogP contribution in [0.15, 0.2) is 24.5 Å². The fourth-order valence-electron chi connectivity index (χ4n) is 2.08. The van der Waals surface area contributed by atoms with Gasteiger partial charge in [-0.05, 0) is 30.5 Å². The first-order valence-corrected chi connectivity index (χ1v) is 5.06. The topological polar surface area (TPSA) is 48.1 Å². The summed E-state index contributed by atoms with van der Waals surface area (Å²) in [7, 11) is 0. The maximum absolute atomic E-state index is 5.89. The Balaban J connectivity index is 2.27. The second kappa shape index (κ2) is 4.07. The lowest BCUT2D eigenvalue weighted by molar-refractivity contribution is 0.0529. The normalized spacial score (nSPS) is 20.6. The lowest BCUT2D eigenvalue weighted by Crippen LogP contribution is -2.40. The van der Waals surface area contributed by atoms with Crippen LogP contribution in [-0.4, -0.2) is 24.7 Å². The van der Waals surface area contributed by atoms with Crippen LogP contribution in [-0.2, 0) is 10.2 Å². The van der Waals surface area contributed by atoms with Gasteiger partial charge in [0, 0.05) is 37.6 Å². The molecule has 3 nitrogen and oxygen atoms in total. The summed E-state index contributed by atoms with van der Waals surface area (Å²) in [6, 6.07) is 4.14. The van der Waals surface area contributed by atoms with Gasteiger partial charge in [-0.25, -0.2) is 0 Å². The quantitative estimate of drug-likeness (QED) is 0.763. The van der Waals surface area contributed by atoms with Crippen molar-refractivity contribution >= 4 is 0 Å². The van der Waals surface area contributed by atoms with Crippen molar-refractivity contribution in [3.63, 3.8) is 0 Å². The lowest BCUT2D eigenvalue weighted by Gasteiger charge is -2.36. The second-order valence-corrected chi connectivity index (χ2v) is 3.83. The van der Waals surface area contributed by atoms with Crippen LogP contribution in [0.2, 0.25) is 0 Å². The number of nitrogens with two attached hydrogens (primary N) is 1. The zero-order valence-electron chi connectivity index (χ0n) is 8.28. The average molecular weight is 192 g/mol. The van der Waals surface area contributed by atoms with Crippen molar-refractivity contribution in [1.29, 1.82) is 0 Å². The maximum atomic E-state index is 5.89. The van der Waals surface area contributed by atoms with Crippen molar-refractivity contribution in [3.8, 4) is 0 Å². The Morgan fingerprint density at radius 2 is 1.93 bits per heavy atom. The van der Waals surface area contributed by atoms with Crippen molar-refractivity contribution in [1.82, 2.24) is 4.98 Å². The summed E-state index contributed by atoms with van der Waals surface area (Å²) in [4.78, 5) is 4.03. The molecule has 2 rings (SSSR count). The molecule has 1 aliphatic rings. The summed E-state index contributed by atoms with van der Waals surface area (Å²) in [5, 5.41) is 0. The monoisotopic (exact) mass is 192 g/mol. The van der Waals surface area contributed by atoms with Gasteiger partial charge in [0.15, 0.2) is 0 Å². The first-order valence-electron chi connectivity index (χ1n) is 5.06. The van der Waals surface area contributed by atoms with E-state index in [1.54, 1.807) is 0 Å². The van der Waals surface area contributed by atoms with E-state index in [1.165, 1.54) is 5.56 Å². The lowest BCUT2D eigenvalue weighted by atomic mass is 9.75. The molecule has 2 heterocycles. The first-order chi connectivity index (χ1) is 6.87. The number of hydrogen-bond acceptors (Lipinski definition) is 3. The van der Waals surface area contributed by atoms with Crippen LogP contribution in [0.1, 0.15) is 18.4 Å². The molecule has 0 spiro atoms. The minimum atomic E-state index is 0.126. The molecule has 2 N–H and O–H groups in total. The van der Waals surface area contributed by atoms with E-state index in [0.29, 0.717) is 6.54 Å². The third-order valence-corrected chi connectivity index (χ3v) is 3.13. The Hall–Kier alpha value is -0.930. The maximum Gasteiger partial charge on any atom is 0.0475 e. The molecule has 0 aromatic carbocycles. The Morgan fingerprint density at radius 3 is 2.50 bits per heavy atom. The summed E-state index contributed by atoms with van der Waals surface area (Å²) in [5.41, 5.74) is 7.32. The molecule has 0 bridgehead atoms. The Morgan fingerprint density at radius 1 is 1.29 bits per heavy atom. The van der Waals surface area contributed by atoms with Gasteiger partial charge < -0.3 is 10.5 Å². The van der Waals surface area contributed by atoms with Crippen molar-refractivity contribution in [2.75, 3.05) is 19.8 Å². The van der Waals surface area contributed by atoms with Gasteiger partial charge >= 0.3 is 0 Å². The Bertz CT molecular complexity index is 281. The van der Waals surface area contributed by atoms with E-state index in [4.69, 9.17) is 10.5 Å². The fourth-order valence-corrected chi connectivity index (χ4v) is 2.08. The molecule has 0 saturated carbocycles. The van der Waals surface area contributed by atoms with Gasteiger partial charge in [0.25, 0.3) is 0 Å². The van der Waals surface area contributed by atoms with Gasteiger partial charge in [0.1, 0.15) is 0 Å². The SMILES string of the molecule is NCC1(c2ccncc2)CCOCC1. The molecule has 0 unspecified atom stereocenters. The second-order valence-electron chi connectivity index (χ2n) is 3.83. The fraction of sp³-hybridized carbons (Fsp3) is 0.545. The van der Waals surface area contributed by atoms with E-state index >= 15 is 0 Å². The molecule has 1 saturated heterocycles. The van der Waals surface area contributed by atoms with Crippen LogP contribution >= 0.6 is 0 Å². The molecule has 1 fully saturated rings. The summed E-state index contributed by atoms with van der Waals surface area (Å²) < 4.78 is 5.38. The first kappa shape index (κ1) is 9.62. The number of nitrogens with zero attached hydrogens (tertiary/aromatic N) is 1. The van der Waals surface area contributed by atoms with Crippen LogP contribution in [0.25, 0.3) is 0 Å². The minimum Gasteiger partial charge on any atom is -0.381 e. The molecule has 0 amide bonds. The molecule has 1 aromatic heterocycles. The van der Waals surface area contributed by atoms with Crippen LogP contribution in [0, 0.1) is 0 Å². The van der Waals surface area contributed by atoms with Crippen LogP contribution in [0.3, 0.4) is 0 Å². The van der Waals surface area contributed by atoms with Crippen molar-refractivity contribution in [2.24, 2.45) is 5.73 Å². The molecule has 3 heteroatoms. The average Bonchev–Trinajstić information content (AvgIpc) is 2.31. The number of rotatable bonds is 2. The zero-order chi connectivity index (χ0) is 9.86. The molecule has 1 aromatic rings. The van der Waals surface area contributed by atoms with E-state index in [9.17, 15) is 0 Å². The summed E-state index contributed by atoms with van der Waals surface area (Å²) >= 11 is 0. The highest BCUT2D eigenvalue weighted by Gasteiger charge is 2.32. The van der Waals surface area contributed by atoms with Gasteiger partial charge in [0.05, 0.1) is 0 Å². The minimum absolute atomic E-state index is 0.126. The van der Waals surface area contributed by atoms with Gasteiger partial charge in [-0.2, -0.15) is 0 Å². The standard InChI is InChI=1S/C11H16N2O/c12-9-11(3-7-14-8-4-11)10-1-5-13-6-2-10/h1-2,5-6H,3-4,7-9,12H2. The molecule has 0 radical (unpaired) electrons.